The number of hydrogen-bond acceptors (Lipinski definition) is 4. The fourth-order valence-corrected chi connectivity index (χ4v) is 3.68. The van der Waals surface area contributed by atoms with Crippen LogP contribution in [0.1, 0.15) is 35.6 Å². The van der Waals surface area contributed by atoms with Crippen LogP contribution in [0.15, 0.2) is 48.5 Å². The highest BCUT2D eigenvalue weighted by Gasteiger charge is 2.36. The van der Waals surface area contributed by atoms with E-state index in [4.69, 9.17) is 9.84 Å². The van der Waals surface area contributed by atoms with Crippen molar-refractivity contribution < 1.29 is 24.5 Å². The highest BCUT2D eigenvalue weighted by Crippen LogP contribution is 2.32. The predicted molar refractivity (Wildman–Crippen MR) is 108 cm³/mol. The minimum absolute atomic E-state index is 0.0679. The fourth-order valence-electron chi connectivity index (χ4n) is 3.68. The quantitative estimate of drug-likeness (QED) is 0.635. The number of carbonyl (C=O) groups is 2. The van der Waals surface area contributed by atoms with Gasteiger partial charge in [0.25, 0.3) is 0 Å². The second-order valence-corrected chi connectivity index (χ2v) is 7.16. The number of benzene rings is 2. The Labute approximate surface area is 169 Å². The van der Waals surface area contributed by atoms with Gasteiger partial charge in [-0.25, -0.2) is 4.79 Å². The van der Waals surface area contributed by atoms with Gasteiger partial charge in [-0.1, -0.05) is 36.4 Å². The summed E-state index contributed by atoms with van der Waals surface area (Å²) < 4.78 is 5.84. The van der Waals surface area contributed by atoms with Crippen molar-refractivity contribution in [1.29, 1.82) is 0 Å². The SMILES string of the molecule is Cc1cc(OCc2ccccc2)ccc1C(O)[C@@H]1CCC(=O)N1CCNC(=O)O. The highest BCUT2D eigenvalue weighted by molar-refractivity contribution is 5.79. The van der Waals surface area contributed by atoms with Gasteiger partial charge in [-0.3, -0.25) is 4.79 Å². The lowest BCUT2D eigenvalue weighted by atomic mass is 9.96. The summed E-state index contributed by atoms with van der Waals surface area (Å²) in [6.45, 7) is 2.74. The average molecular weight is 398 g/mol. The minimum atomic E-state index is -1.13. The summed E-state index contributed by atoms with van der Waals surface area (Å²) in [5.74, 6) is 0.647. The van der Waals surface area contributed by atoms with Gasteiger partial charge in [-0.05, 0) is 42.2 Å². The van der Waals surface area contributed by atoms with Crippen LogP contribution in [-0.2, 0) is 11.4 Å². The smallest absolute Gasteiger partial charge is 0.404 e. The third-order valence-corrected chi connectivity index (χ3v) is 5.18. The molecule has 1 fully saturated rings. The third-order valence-electron chi connectivity index (χ3n) is 5.18. The molecule has 154 valence electrons. The topological polar surface area (TPSA) is 99.1 Å². The maximum Gasteiger partial charge on any atom is 0.404 e. The van der Waals surface area contributed by atoms with Crippen molar-refractivity contribution in [3.63, 3.8) is 0 Å². The normalized spacial score (nSPS) is 17.2. The van der Waals surface area contributed by atoms with E-state index in [0.717, 1.165) is 16.7 Å². The lowest BCUT2D eigenvalue weighted by Gasteiger charge is -2.29. The number of carbonyl (C=O) groups excluding carboxylic acids is 1. The van der Waals surface area contributed by atoms with Crippen molar-refractivity contribution in [2.24, 2.45) is 0 Å². The second kappa shape index (κ2) is 9.43. The van der Waals surface area contributed by atoms with Crippen molar-refractivity contribution in [2.45, 2.75) is 38.5 Å². The summed E-state index contributed by atoms with van der Waals surface area (Å²) in [5, 5.41) is 21.9. The number of hydrogen-bond donors (Lipinski definition) is 3. The first-order chi connectivity index (χ1) is 14.0. The molecule has 1 unspecified atom stereocenters. The molecule has 2 amide bonds. The third kappa shape index (κ3) is 5.26. The molecule has 0 aliphatic carbocycles. The first kappa shape index (κ1) is 20.7. The number of amides is 2. The molecule has 0 aromatic heterocycles. The van der Waals surface area contributed by atoms with E-state index in [1.54, 1.807) is 4.90 Å². The molecule has 2 atom stereocenters. The number of nitrogens with one attached hydrogen (secondary N) is 1. The van der Waals surface area contributed by atoms with Crippen molar-refractivity contribution in [3.8, 4) is 5.75 Å². The molecule has 1 aliphatic heterocycles. The Hall–Kier alpha value is -3.06. The van der Waals surface area contributed by atoms with E-state index in [-0.39, 0.29) is 25.0 Å². The summed E-state index contributed by atoms with van der Waals surface area (Å²) in [7, 11) is 0. The average Bonchev–Trinajstić information content (AvgIpc) is 3.07. The van der Waals surface area contributed by atoms with Crippen LogP contribution in [0, 0.1) is 6.92 Å². The Morgan fingerprint density at radius 1 is 1.28 bits per heavy atom. The zero-order valence-corrected chi connectivity index (χ0v) is 16.4. The molecular weight excluding hydrogens is 372 g/mol. The number of aryl methyl sites for hydroxylation is 1. The summed E-state index contributed by atoms with van der Waals surface area (Å²) >= 11 is 0. The summed E-state index contributed by atoms with van der Waals surface area (Å²) in [6, 6.07) is 15.0. The zero-order chi connectivity index (χ0) is 20.8. The van der Waals surface area contributed by atoms with E-state index in [1.165, 1.54) is 0 Å². The molecule has 1 saturated heterocycles. The van der Waals surface area contributed by atoms with Gasteiger partial charge in [-0.15, -0.1) is 0 Å². The van der Waals surface area contributed by atoms with Crippen LogP contribution in [0.5, 0.6) is 5.75 Å². The van der Waals surface area contributed by atoms with Gasteiger partial charge in [0.15, 0.2) is 0 Å². The van der Waals surface area contributed by atoms with E-state index in [0.29, 0.717) is 25.2 Å². The van der Waals surface area contributed by atoms with Gasteiger partial charge in [-0.2, -0.15) is 0 Å². The van der Waals surface area contributed by atoms with E-state index in [2.05, 4.69) is 5.32 Å². The number of likely N-dealkylation sites (tertiary alicyclic amines) is 1. The molecule has 3 N–H and O–H groups in total. The molecule has 1 aliphatic rings. The van der Waals surface area contributed by atoms with Gasteiger partial charge < -0.3 is 25.2 Å². The Balaban J connectivity index is 1.65. The summed E-state index contributed by atoms with van der Waals surface area (Å²) in [4.78, 5) is 24.4. The van der Waals surface area contributed by atoms with E-state index in [1.807, 2.05) is 55.5 Å². The number of rotatable bonds is 8. The summed E-state index contributed by atoms with van der Waals surface area (Å²) in [6.07, 6.45) is -1.07. The number of aliphatic hydroxyl groups excluding tert-OH is 1. The van der Waals surface area contributed by atoms with Gasteiger partial charge >= 0.3 is 6.09 Å². The van der Waals surface area contributed by atoms with Crippen LogP contribution in [0.25, 0.3) is 0 Å². The number of aliphatic hydroxyl groups is 1. The predicted octanol–water partition coefficient (Wildman–Crippen LogP) is 2.87. The van der Waals surface area contributed by atoms with Crippen LogP contribution in [0.2, 0.25) is 0 Å². The molecule has 0 saturated carbocycles. The summed E-state index contributed by atoms with van der Waals surface area (Å²) in [5.41, 5.74) is 2.70. The largest absolute Gasteiger partial charge is 0.489 e. The number of nitrogens with zero attached hydrogens (tertiary/aromatic N) is 1. The second-order valence-electron chi connectivity index (χ2n) is 7.16. The molecule has 7 heteroatoms. The molecule has 29 heavy (non-hydrogen) atoms. The van der Waals surface area contributed by atoms with E-state index < -0.39 is 12.2 Å². The van der Waals surface area contributed by atoms with Crippen LogP contribution in [0.3, 0.4) is 0 Å². The standard InChI is InChI=1S/C22H26N2O5/c1-15-13-17(29-14-16-5-3-2-4-6-16)7-8-18(15)21(26)19-9-10-20(25)24(19)12-11-23-22(27)28/h2-8,13,19,21,23,26H,9-12,14H2,1H3,(H,27,28)/t19-,21?/m0/s1. The molecule has 0 spiro atoms. The first-order valence-electron chi connectivity index (χ1n) is 9.67. The van der Waals surface area contributed by atoms with Crippen molar-refractivity contribution in [1.82, 2.24) is 10.2 Å². The van der Waals surface area contributed by atoms with Crippen molar-refractivity contribution in [3.05, 3.63) is 65.2 Å². The van der Waals surface area contributed by atoms with Crippen LogP contribution in [-0.4, -0.2) is 46.2 Å². The zero-order valence-electron chi connectivity index (χ0n) is 16.4. The molecule has 2 aromatic rings. The number of carboxylic acid groups (broad SMARTS) is 1. The molecular formula is C22H26N2O5. The lowest BCUT2D eigenvalue weighted by molar-refractivity contribution is -0.130. The Morgan fingerprint density at radius 2 is 2.03 bits per heavy atom. The van der Waals surface area contributed by atoms with E-state index >= 15 is 0 Å². The first-order valence-corrected chi connectivity index (χ1v) is 9.67. The van der Waals surface area contributed by atoms with Crippen LogP contribution >= 0.6 is 0 Å². The molecule has 3 rings (SSSR count). The number of ether oxygens (including phenoxy) is 1. The van der Waals surface area contributed by atoms with Gasteiger partial charge in [0.1, 0.15) is 12.4 Å². The van der Waals surface area contributed by atoms with Gasteiger partial charge in [0.05, 0.1) is 12.1 Å². The highest BCUT2D eigenvalue weighted by atomic mass is 16.5. The van der Waals surface area contributed by atoms with Crippen molar-refractivity contribution in [2.75, 3.05) is 13.1 Å². The molecule has 0 bridgehead atoms. The van der Waals surface area contributed by atoms with Crippen LogP contribution < -0.4 is 10.1 Å². The van der Waals surface area contributed by atoms with Gasteiger partial charge in [0, 0.05) is 19.5 Å². The molecule has 0 radical (unpaired) electrons. The Kier molecular flexibility index (Phi) is 6.72. The van der Waals surface area contributed by atoms with E-state index in [9.17, 15) is 14.7 Å². The maximum absolute atomic E-state index is 12.2. The molecule has 2 aromatic carbocycles. The Bertz CT molecular complexity index is 856. The monoisotopic (exact) mass is 398 g/mol. The molecule has 7 nitrogen and oxygen atoms in total. The fraction of sp³-hybridized carbons (Fsp3) is 0.364. The Morgan fingerprint density at radius 3 is 2.72 bits per heavy atom. The van der Waals surface area contributed by atoms with Crippen molar-refractivity contribution >= 4 is 12.0 Å². The molecule has 1 heterocycles. The lowest BCUT2D eigenvalue weighted by Crippen LogP contribution is -2.42. The minimum Gasteiger partial charge on any atom is -0.489 e. The van der Waals surface area contributed by atoms with Crippen LogP contribution in [0.4, 0.5) is 4.79 Å². The van der Waals surface area contributed by atoms with Gasteiger partial charge in [0.2, 0.25) is 5.91 Å². The maximum atomic E-state index is 12.2.